The lowest BCUT2D eigenvalue weighted by atomic mass is 10.3. The maximum absolute atomic E-state index is 5.92. The fourth-order valence-electron chi connectivity index (χ4n) is 1.26. The number of pyridine rings is 1. The molecule has 0 atom stereocenters. The number of ether oxygens (including phenoxy) is 1. The fraction of sp³-hybridized carbons (Fsp3) is 0.0833. The molecule has 1 aromatic carbocycles. The predicted molar refractivity (Wildman–Crippen MR) is 80.4 cm³/mol. The summed E-state index contributed by atoms with van der Waals surface area (Å²) in [4.78, 5) is 4.24. The van der Waals surface area contributed by atoms with Crippen LogP contribution in [0.25, 0.3) is 0 Å². The van der Waals surface area contributed by atoms with Crippen molar-refractivity contribution >= 4 is 50.1 Å². The zero-order valence-electron chi connectivity index (χ0n) is 8.66. The molecule has 2 nitrogen and oxygen atoms in total. The Labute approximate surface area is 127 Å². The quantitative estimate of drug-likeness (QED) is 0.668. The molecule has 0 aliphatic rings. The van der Waals surface area contributed by atoms with Gasteiger partial charge in [0.25, 0.3) is 0 Å². The normalized spacial score (nSPS) is 10.3. The third-order valence-corrected chi connectivity index (χ3v) is 3.94. The summed E-state index contributed by atoms with van der Waals surface area (Å²) in [6.07, 6.45) is 1.74. The Balaban J connectivity index is 2.12. The van der Waals surface area contributed by atoms with Gasteiger partial charge in [-0.2, -0.15) is 0 Å². The van der Waals surface area contributed by atoms with E-state index in [0.29, 0.717) is 11.6 Å². The highest BCUT2D eigenvalue weighted by atomic mass is 127. The first-order valence-electron chi connectivity index (χ1n) is 4.84. The first-order valence-corrected chi connectivity index (χ1v) is 7.09. The minimum atomic E-state index is 0.414. The van der Waals surface area contributed by atoms with Crippen molar-refractivity contribution in [3.8, 4) is 5.75 Å². The first kappa shape index (κ1) is 13.1. The molecule has 0 N–H and O–H groups in total. The standard InChI is InChI=1S/C12H8BrClINO/c13-9-2-1-5-16-11(9)7-17-12-6-8(14)3-4-10(12)15/h1-6H,7H2. The van der Waals surface area contributed by atoms with Gasteiger partial charge in [0.05, 0.1) is 9.26 Å². The van der Waals surface area contributed by atoms with Gasteiger partial charge in [0, 0.05) is 15.7 Å². The van der Waals surface area contributed by atoms with Gasteiger partial charge in [-0.3, -0.25) is 4.98 Å². The number of nitrogens with zero attached hydrogens (tertiary/aromatic N) is 1. The van der Waals surface area contributed by atoms with Crippen LogP contribution in [0.1, 0.15) is 5.69 Å². The highest BCUT2D eigenvalue weighted by Crippen LogP contribution is 2.26. The lowest BCUT2D eigenvalue weighted by Gasteiger charge is -2.09. The van der Waals surface area contributed by atoms with Crippen LogP contribution >= 0.6 is 50.1 Å². The van der Waals surface area contributed by atoms with E-state index in [4.69, 9.17) is 16.3 Å². The van der Waals surface area contributed by atoms with Crippen molar-refractivity contribution in [3.63, 3.8) is 0 Å². The molecule has 0 saturated carbocycles. The van der Waals surface area contributed by atoms with E-state index >= 15 is 0 Å². The average molecular weight is 424 g/mol. The maximum atomic E-state index is 5.92. The van der Waals surface area contributed by atoms with Crippen molar-refractivity contribution in [2.45, 2.75) is 6.61 Å². The molecule has 0 radical (unpaired) electrons. The topological polar surface area (TPSA) is 22.1 Å². The maximum Gasteiger partial charge on any atom is 0.134 e. The molecular formula is C12H8BrClINO. The SMILES string of the molecule is Clc1ccc(I)c(OCc2ncccc2Br)c1. The second kappa shape index (κ2) is 6.02. The van der Waals surface area contributed by atoms with Gasteiger partial charge in [0.15, 0.2) is 0 Å². The Bertz CT molecular complexity index is 536. The van der Waals surface area contributed by atoms with Crippen LogP contribution in [0, 0.1) is 3.57 Å². The van der Waals surface area contributed by atoms with Gasteiger partial charge in [-0.25, -0.2) is 0 Å². The number of hydrogen-bond donors (Lipinski definition) is 0. The van der Waals surface area contributed by atoms with E-state index in [2.05, 4.69) is 43.5 Å². The molecule has 0 aliphatic heterocycles. The van der Waals surface area contributed by atoms with Gasteiger partial charge < -0.3 is 4.74 Å². The van der Waals surface area contributed by atoms with Gasteiger partial charge in [-0.1, -0.05) is 11.6 Å². The minimum Gasteiger partial charge on any atom is -0.486 e. The average Bonchev–Trinajstić information content (AvgIpc) is 2.32. The molecule has 0 amide bonds. The van der Waals surface area contributed by atoms with Gasteiger partial charge in [0.2, 0.25) is 0 Å². The van der Waals surface area contributed by atoms with Crippen molar-refractivity contribution in [2.24, 2.45) is 0 Å². The van der Waals surface area contributed by atoms with Gasteiger partial charge >= 0.3 is 0 Å². The zero-order valence-corrected chi connectivity index (χ0v) is 13.2. The summed E-state index contributed by atoms with van der Waals surface area (Å²) < 4.78 is 7.67. The molecular weight excluding hydrogens is 416 g/mol. The molecule has 0 saturated heterocycles. The van der Waals surface area contributed by atoms with E-state index < -0.39 is 0 Å². The molecule has 17 heavy (non-hydrogen) atoms. The van der Waals surface area contributed by atoms with Crippen molar-refractivity contribution in [1.29, 1.82) is 0 Å². The van der Waals surface area contributed by atoms with E-state index in [-0.39, 0.29) is 0 Å². The number of rotatable bonds is 3. The van der Waals surface area contributed by atoms with Crippen molar-refractivity contribution in [2.75, 3.05) is 0 Å². The van der Waals surface area contributed by atoms with E-state index in [9.17, 15) is 0 Å². The first-order chi connectivity index (χ1) is 8.16. The largest absolute Gasteiger partial charge is 0.486 e. The van der Waals surface area contributed by atoms with Gasteiger partial charge in [-0.05, 0) is 68.9 Å². The zero-order chi connectivity index (χ0) is 12.3. The Kier molecular flexibility index (Phi) is 4.64. The van der Waals surface area contributed by atoms with Gasteiger partial charge in [0.1, 0.15) is 12.4 Å². The van der Waals surface area contributed by atoms with Crippen molar-refractivity contribution in [3.05, 3.63) is 55.3 Å². The highest BCUT2D eigenvalue weighted by Gasteiger charge is 2.05. The van der Waals surface area contributed by atoms with Crippen LogP contribution in [0.4, 0.5) is 0 Å². The molecule has 2 rings (SSSR count). The number of benzene rings is 1. The number of hydrogen-bond acceptors (Lipinski definition) is 2. The molecule has 0 unspecified atom stereocenters. The Morgan fingerprint density at radius 1 is 1.35 bits per heavy atom. The van der Waals surface area contributed by atoms with E-state index in [0.717, 1.165) is 19.5 Å². The van der Waals surface area contributed by atoms with Crippen LogP contribution in [0.2, 0.25) is 5.02 Å². The summed E-state index contributed by atoms with van der Waals surface area (Å²) in [5, 5.41) is 0.667. The van der Waals surface area contributed by atoms with E-state index in [1.54, 1.807) is 12.3 Å². The second-order valence-corrected chi connectivity index (χ2v) is 5.75. The molecule has 0 fully saturated rings. The molecule has 0 bridgehead atoms. The molecule has 5 heteroatoms. The summed E-state index contributed by atoms with van der Waals surface area (Å²) >= 11 is 11.6. The Morgan fingerprint density at radius 2 is 2.18 bits per heavy atom. The second-order valence-electron chi connectivity index (χ2n) is 3.30. The lowest BCUT2D eigenvalue weighted by Crippen LogP contribution is -2.00. The summed E-state index contributed by atoms with van der Waals surface area (Å²) in [6.45, 7) is 0.414. The van der Waals surface area contributed by atoms with Crippen LogP contribution in [-0.4, -0.2) is 4.98 Å². The molecule has 2 aromatic rings. The molecule has 1 heterocycles. The van der Waals surface area contributed by atoms with Crippen LogP contribution in [0.15, 0.2) is 41.0 Å². The number of halogens is 3. The minimum absolute atomic E-state index is 0.414. The third-order valence-electron chi connectivity index (χ3n) is 2.09. The monoisotopic (exact) mass is 423 g/mol. The van der Waals surface area contributed by atoms with Crippen molar-refractivity contribution < 1.29 is 4.74 Å². The van der Waals surface area contributed by atoms with E-state index in [1.807, 2.05) is 24.3 Å². The Hall–Kier alpha value is -0.330. The fourth-order valence-corrected chi connectivity index (χ4v) is 2.28. The van der Waals surface area contributed by atoms with Crippen LogP contribution in [-0.2, 0) is 6.61 Å². The van der Waals surface area contributed by atoms with Gasteiger partial charge in [-0.15, -0.1) is 0 Å². The molecule has 0 aliphatic carbocycles. The number of aromatic nitrogens is 1. The summed E-state index contributed by atoms with van der Waals surface area (Å²) in [7, 11) is 0. The van der Waals surface area contributed by atoms with E-state index in [1.165, 1.54) is 0 Å². The third kappa shape index (κ3) is 3.56. The van der Waals surface area contributed by atoms with Crippen molar-refractivity contribution in [1.82, 2.24) is 4.98 Å². The van der Waals surface area contributed by atoms with Crippen LogP contribution in [0.5, 0.6) is 5.75 Å². The predicted octanol–water partition coefficient (Wildman–Crippen LogP) is 4.68. The smallest absolute Gasteiger partial charge is 0.134 e. The summed E-state index contributed by atoms with van der Waals surface area (Å²) in [5.41, 5.74) is 0.864. The molecule has 88 valence electrons. The summed E-state index contributed by atoms with van der Waals surface area (Å²) in [6, 6.07) is 9.38. The van der Waals surface area contributed by atoms with Crippen LogP contribution < -0.4 is 4.74 Å². The molecule has 1 aromatic heterocycles. The molecule has 0 spiro atoms. The Morgan fingerprint density at radius 3 is 2.94 bits per heavy atom. The summed E-state index contributed by atoms with van der Waals surface area (Å²) in [5.74, 6) is 0.774. The highest BCUT2D eigenvalue weighted by molar-refractivity contribution is 14.1. The van der Waals surface area contributed by atoms with Crippen LogP contribution in [0.3, 0.4) is 0 Å². The lowest BCUT2D eigenvalue weighted by molar-refractivity contribution is 0.298.